The standard InChI is InChI=1S/C17H16N4OS/c1-12(22)15-2-3-16(23-15)14-10-21-17(11-20-14)19-9-6-13-4-7-18-8-5-13/h2-5,7-8,10-11H,6,9H2,1H3,(H,19,21). The van der Waals surface area contributed by atoms with E-state index in [4.69, 9.17) is 0 Å². The number of ketones is 1. The molecular weight excluding hydrogens is 308 g/mol. The first-order chi connectivity index (χ1) is 11.2. The van der Waals surface area contributed by atoms with Crippen LogP contribution in [-0.2, 0) is 6.42 Å². The van der Waals surface area contributed by atoms with E-state index in [0.717, 1.165) is 34.2 Å². The maximum Gasteiger partial charge on any atom is 0.169 e. The highest BCUT2D eigenvalue weighted by Crippen LogP contribution is 2.26. The number of hydrogen-bond donors (Lipinski definition) is 1. The molecule has 23 heavy (non-hydrogen) atoms. The van der Waals surface area contributed by atoms with Crippen molar-refractivity contribution in [3.05, 3.63) is 59.5 Å². The van der Waals surface area contributed by atoms with E-state index in [-0.39, 0.29) is 5.78 Å². The molecule has 0 bridgehead atoms. The van der Waals surface area contributed by atoms with Crippen molar-refractivity contribution in [2.75, 3.05) is 11.9 Å². The topological polar surface area (TPSA) is 67.8 Å². The van der Waals surface area contributed by atoms with Gasteiger partial charge in [0.25, 0.3) is 0 Å². The fraction of sp³-hybridized carbons (Fsp3) is 0.176. The third kappa shape index (κ3) is 3.98. The third-order valence-corrected chi connectivity index (χ3v) is 4.54. The Bertz CT molecular complexity index is 784. The largest absolute Gasteiger partial charge is 0.368 e. The first kappa shape index (κ1) is 15.3. The summed E-state index contributed by atoms with van der Waals surface area (Å²) in [6, 6.07) is 7.73. The molecule has 0 aliphatic heterocycles. The second-order valence-electron chi connectivity index (χ2n) is 5.04. The molecule has 0 saturated carbocycles. The molecule has 0 atom stereocenters. The lowest BCUT2D eigenvalue weighted by atomic mass is 10.2. The maximum absolute atomic E-state index is 11.3. The van der Waals surface area contributed by atoms with Crippen LogP contribution >= 0.6 is 11.3 Å². The highest BCUT2D eigenvalue weighted by Gasteiger charge is 2.07. The van der Waals surface area contributed by atoms with Gasteiger partial charge < -0.3 is 5.32 Å². The Morgan fingerprint density at radius 3 is 2.61 bits per heavy atom. The molecule has 0 amide bonds. The summed E-state index contributed by atoms with van der Waals surface area (Å²) in [6.45, 7) is 2.35. The molecule has 0 radical (unpaired) electrons. The van der Waals surface area contributed by atoms with Gasteiger partial charge in [-0.15, -0.1) is 11.3 Å². The van der Waals surface area contributed by atoms with Gasteiger partial charge in [0.2, 0.25) is 0 Å². The van der Waals surface area contributed by atoms with E-state index < -0.39 is 0 Å². The highest BCUT2D eigenvalue weighted by atomic mass is 32.1. The van der Waals surface area contributed by atoms with Gasteiger partial charge in [0.1, 0.15) is 5.82 Å². The summed E-state index contributed by atoms with van der Waals surface area (Å²) in [5.74, 6) is 0.815. The Hall–Kier alpha value is -2.60. The van der Waals surface area contributed by atoms with Gasteiger partial charge in [-0.2, -0.15) is 0 Å². The Morgan fingerprint density at radius 1 is 1.13 bits per heavy atom. The van der Waals surface area contributed by atoms with Crippen molar-refractivity contribution in [1.29, 1.82) is 0 Å². The second-order valence-corrected chi connectivity index (χ2v) is 6.12. The van der Waals surface area contributed by atoms with Crippen molar-refractivity contribution in [3.8, 4) is 10.6 Å². The van der Waals surface area contributed by atoms with Gasteiger partial charge in [0.05, 0.1) is 27.8 Å². The van der Waals surface area contributed by atoms with E-state index in [1.54, 1.807) is 31.7 Å². The van der Waals surface area contributed by atoms with Crippen LogP contribution in [0.3, 0.4) is 0 Å². The number of aromatic nitrogens is 3. The van der Waals surface area contributed by atoms with Crippen molar-refractivity contribution < 1.29 is 4.79 Å². The quantitative estimate of drug-likeness (QED) is 0.703. The van der Waals surface area contributed by atoms with Crippen LogP contribution in [0.4, 0.5) is 5.82 Å². The summed E-state index contributed by atoms with van der Waals surface area (Å²) < 4.78 is 0. The van der Waals surface area contributed by atoms with Crippen molar-refractivity contribution in [2.24, 2.45) is 0 Å². The average Bonchev–Trinajstić information content (AvgIpc) is 3.07. The number of anilines is 1. The van der Waals surface area contributed by atoms with Crippen molar-refractivity contribution in [3.63, 3.8) is 0 Å². The molecule has 1 N–H and O–H groups in total. The van der Waals surface area contributed by atoms with E-state index in [1.807, 2.05) is 24.3 Å². The number of pyridine rings is 1. The Labute approximate surface area is 138 Å². The number of Topliss-reactive ketones (excluding diaryl/α,β-unsaturated/α-hetero) is 1. The van der Waals surface area contributed by atoms with Crippen molar-refractivity contribution >= 4 is 22.9 Å². The molecule has 6 heteroatoms. The smallest absolute Gasteiger partial charge is 0.169 e. The molecule has 3 heterocycles. The molecule has 116 valence electrons. The number of carbonyl (C=O) groups is 1. The molecule has 3 rings (SSSR count). The number of thiophene rings is 1. The van der Waals surface area contributed by atoms with Gasteiger partial charge in [-0.25, -0.2) is 9.97 Å². The molecule has 3 aromatic rings. The fourth-order valence-electron chi connectivity index (χ4n) is 2.10. The summed E-state index contributed by atoms with van der Waals surface area (Å²) >= 11 is 1.44. The van der Waals surface area contributed by atoms with Crippen LogP contribution in [-0.4, -0.2) is 27.3 Å². The van der Waals surface area contributed by atoms with Gasteiger partial charge in [-0.3, -0.25) is 9.78 Å². The van der Waals surface area contributed by atoms with Gasteiger partial charge >= 0.3 is 0 Å². The molecule has 3 aromatic heterocycles. The fourth-order valence-corrected chi connectivity index (χ4v) is 2.96. The molecule has 0 saturated heterocycles. The number of nitrogens with zero attached hydrogens (tertiary/aromatic N) is 3. The summed E-state index contributed by atoms with van der Waals surface area (Å²) in [6.07, 6.45) is 7.93. The third-order valence-electron chi connectivity index (χ3n) is 3.33. The number of rotatable bonds is 6. The first-order valence-electron chi connectivity index (χ1n) is 7.28. The van der Waals surface area contributed by atoms with Crippen molar-refractivity contribution in [2.45, 2.75) is 13.3 Å². The van der Waals surface area contributed by atoms with Gasteiger partial charge in [-0.05, 0) is 43.2 Å². The monoisotopic (exact) mass is 324 g/mol. The van der Waals surface area contributed by atoms with Gasteiger partial charge in [-0.1, -0.05) is 0 Å². The lowest BCUT2D eigenvalue weighted by Gasteiger charge is -2.05. The van der Waals surface area contributed by atoms with Crippen LogP contribution in [0.1, 0.15) is 22.2 Å². The number of hydrogen-bond acceptors (Lipinski definition) is 6. The molecule has 0 spiro atoms. The normalized spacial score (nSPS) is 10.5. The molecule has 5 nitrogen and oxygen atoms in total. The number of carbonyl (C=O) groups excluding carboxylic acids is 1. The summed E-state index contributed by atoms with van der Waals surface area (Å²) in [4.78, 5) is 25.8. The predicted molar refractivity (Wildman–Crippen MR) is 91.8 cm³/mol. The molecular formula is C17H16N4OS. The molecule has 0 aromatic carbocycles. The first-order valence-corrected chi connectivity index (χ1v) is 8.10. The van der Waals surface area contributed by atoms with E-state index in [1.165, 1.54) is 16.9 Å². The van der Waals surface area contributed by atoms with E-state index in [2.05, 4.69) is 20.3 Å². The van der Waals surface area contributed by atoms with Crippen LogP contribution in [0.5, 0.6) is 0 Å². The van der Waals surface area contributed by atoms with Crippen molar-refractivity contribution in [1.82, 2.24) is 15.0 Å². The molecule has 0 fully saturated rings. The Morgan fingerprint density at radius 2 is 1.96 bits per heavy atom. The van der Waals surface area contributed by atoms with Gasteiger partial charge in [0.15, 0.2) is 5.78 Å². The Kier molecular flexibility index (Phi) is 4.73. The average molecular weight is 324 g/mol. The number of nitrogens with one attached hydrogen (secondary N) is 1. The zero-order valence-electron chi connectivity index (χ0n) is 12.7. The summed E-state index contributed by atoms with van der Waals surface area (Å²) in [7, 11) is 0. The van der Waals surface area contributed by atoms with Gasteiger partial charge in [0, 0.05) is 18.9 Å². The van der Waals surface area contributed by atoms with E-state index in [0.29, 0.717) is 0 Å². The zero-order valence-corrected chi connectivity index (χ0v) is 13.5. The molecule has 0 unspecified atom stereocenters. The minimum Gasteiger partial charge on any atom is -0.368 e. The zero-order chi connectivity index (χ0) is 16.1. The molecule has 0 aliphatic rings. The van der Waals surface area contributed by atoms with Crippen LogP contribution < -0.4 is 5.32 Å². The maximum atomic E-state index is 11.3. The Balaban J connectivity index is 1.59. The molecule has 0 aliphatic carbocycles. The minimum atomic E-state index is 0.0728. The highest BCUT2D eigenvalue weighted by molar-refractivity contribution is 7.17. The summed E-state index contributed by atoms with van der Waals surface area (Å²) in [5.41, 5.74) is 2.01. The predicted octanol–water partition coefficient (Wildman–Crippen LogP) is 3.46. The van der Waals surface area contributed by atoms with Crippen LogP contribution in [0.25, 0.3) is 10.6 Å². The SMILES string of the molecule is CC(=O)c1ccc(-c2cnc(NCCc3ccncc3)cn2)s1. The minimum absolute atomic E-state index is 0.0728. The summed E-state index contributed by atoms with van der Waals surface area (Å²) in [5, 5.41) is 3.25. The van der Waals surface area contributed by atoms with Crippen LogP contribution in [0.15, 0.2) is 49.1 Å². The lowest BCUT2D eigenvalue weighted by molar-refractivity contribution is 0.102. The second kappa shape index (κ2) is 7.11. The van der Waals surface area contributed by atoms with E-state index >= 15 is 0 Å². The van der Waals surface area contributed by atoms with Crippen LogP contribution in [0, 0.1) is 0 Å². The lowest BCUT2D eigenvalue weighted by Crippen LogP contribution is -2.06. The van der Waals surface area contributed by atoms with E-state index in [9.17, 15) is 4.79 Å². The van der Waals surface area contributed by atoms with Crippen LogP contribution in [0.2, 0.25) is 0 Å².